The number of hydrogen-bond acceptors (Lipinski definition) is 6. The maximum absolute atomic E-state index is 11.9. The number of methoxy groups -OCH3 is 3. The van der Waals surface area contributed by atoms with E-state index < -0.39 is 5.79 Å². The van der Waals surface area contributed by atoms with Crippen molar-refractivity contribution in [3.8, 4) is 5.75 Å². The lowest BCUT2D eigenvalue weighted by molar-refractivity contribution is -0.200. The Morgan fingerprint density at radius 3 is 2.46 bits per heavy atom. The lowest BCUT2D eigenvalue weighted by Crippen LogP contribution is -2.31. The van der Waals surface area contributed by atoms with Crippen LogP contribution in [0, 0.1) is 0 Å². The van der Waals surface area contributed by atoms with Crippen molar-refractivity contribution >= 4 is 11.8 Å². The number of ether oxygens (including phenoxy) is 5. The highest BCUT2D eigenvalue weighted by atomic mass is 16.7. The molecule has 1 fully saturated rings. The first-order valence-electron chi connectivity index (χ1n) is 7.81. The second-order valence-electron chi connectivity index (χ2n) is 5.71. The maximum atomic E-state index is 11.9. The zero-order chi connectivity index (χ0) is 17.6. The van der Waals surface area contributed by atoms with Crippen LogP contribution >= 0.6 is 0 Å². The molecule has 1 heterocycles. The standard InChI is InChI=1S/C17H25NO6/c1-17(21-3,22-4)9-10-23-14-7-5-13(6-8-14)18-11-15(12-20-2)24-16(18)19/h5-8,15H,9-12H2,1-4H3. The van der Waals surface area contributed by atoms with Gasteiger partial charge < -0.3 is 23.7 Å². The Bertz CT molecular complexity index is 528. The minimum Gasteiger partial charge on any atom is -0.493 e. The van der Waals surface area contributed by atoms with Crippen LogP contribution in [0.2, 0.25) is 0 Å². The Balaban J connectivity index is 1.88. The van der Waals surface area contributed by atoms with Gasteiger partial charge in [-0.25, -0.2) is 4.79 Å². The second kappa shape index (κ2) is 8.32. The molecule has 24 heavy (non-hydrogen) atoms. The van der Waals surface area contributed by atoms with Crippen LogP contribution in [0.1, 0.15) is 13.3 Å². The molecule has 0 spiro atoms. The van der Waals surface area contributed by atoms with E-state index >= 15 is 0 Å². The van der Waals surface area contributed by atoms with E-state index in [0.29, 0.717) is 31.9 Å². The van der Waals surface area contributed by atoms with Crippen molar-refractivity contribution in [2.75, 3.05) is 46.0 Å². The summed E-state index contributed by atoms with van der Waals surface area (Å²) in [5.74, 6) is 0.0598. The Morgan fingerprint density at radius 1 is 1.21 bits per heavy atom. The number of rotatable bonds is 9. The fourth-order valence-electron chi connectivity index (χ4n) is 2.37. The highest BCUT2D eigenvalue weighted by Crippen LogP contribution is 2.25. The summed E-state index contributed by atoms with van der Waals surface area (Å²) in [6.45, 7) is 3.18. The molecule has 1 saturated heterocycles. The number of carbonyl (C=O) groups is 1. The van der Waals surface area contributed by atoms with Crippen molar-refractivity contribution in [1.82, 2.24) is 0 Å². The van der Waals surface area contributed by atoms with Crippen molar-refractivity contribution in [2.24, 2.45) is 0 Å². The Kier molecular flexibility index (Phi) is 6.42. The van der Waals surface area contributed by atoms with Crippen LogP contribution < -0.4 is 9.64 Å². The number of hydrogen-bond donors (Lipinski definition) is 0. The Hall–Kier alpha value is -1.83. The SMILES string of the molecule is COCC1CN(c2ccc(OCCC(C)(OC)OC)cc2)C(=O)O1. The van der Waals surface area contributed by atoms with E-state index in [1.54, 1.807) is 26.2 Å². The largest absolute Gasteiger partial charge is 0.493 e. The first-order chi connectivity index (χ1) is 11.5. The molecule has 1 aromatic rings. The summed E-state index contributed by atoms with van der Waals surface area (Å²) in [7, 11) is 4.79. The van der Waals surface area contributed by atoms with Gasteiger partial charge >= 0.3 is 6.09 Å². The molecule has 134 valence electrons. The van der Waals surface area contributed by atoms with Gasteiger partial charge in [-0.3, -0.25) is 4.90 Å². The average Bonchev–Trinajstić information content (AvgIpc) is 2.96. The van der Waals surface area contributed by atoms with E-state index in [1.165, 1.54) is 0 Å². The molecule has 1 aliphatic heterocycles. The quantitative estimate of drug-likeness (QED) is 0.644. The van der Waals surface area contributed by atoms with E-state index in [2.05, 4.69) is 0 Å². The first-order valence-corrected chi connectivity index (χ1v) is 7.81. The van der Waals surface area contributed by atoms with E-state index in [4.69, 9.17) is 23.7 Å². The third kappa shape index (κ3) is 4.59. The summed E-state index contributed by atoms with van der Waals surface area (Å²) in [5.41, 5.74) is 0.768. The molecule has 0 N–H and O–H groups in total. The minimum atomic E-state index is -0.657. The average molecular weight is 339 g/mol. The van der Waals surface area contributed by atoms with Gasteiger partial charge in [-0.15, -0.1) is 0 Å². The zero-order valence-corrected chi connectivity index (χ0v) is 14.6. The summed E-state index contributed by atoms with van der Waals surface area (Å²) in [4.78, 5) is 13.5. The predicted octanol–water partition coefficient (Wildman–Crippen LogP) is 2.44. The molecule has 0 saturated carbocycles. The molecule has 0 aromatic heterocycles. The molecule has 7 nitrogen and oxygen atoms in total. The van der Waals surface area contributed by atoms with Gasteiger partial charge in [0.05, 0.1) is 19.8 Å². The van der Waals surface area contributed by atoms with E-state index in [-0.39, 0.29) is 12.2 Å². The number of amides is 1. The number of carbonyl (C=O) groups excluding carboxylic acids is 1. The molecule has 1 atom stereocenters. The third-order valence-corrected chi connectivity index (χ3v) is 4.06. The van der Waals surface area contributed by atoms with Crippen LogP contribution in [0.25, 0.3) is 0 Å². The smallest absolute Gasteiger partial charge is 0.414 e. The van der Waals surface area contributed by atoms with Gasteiger partial charge in [0.1, 0.15) is 11.9 Å². The molecule has 0 bridgehead atoms. The summed E-state index contributed by atoms with van der Waals surface area (Å²) >= 11 is 0. The molecule has 0 aliphatic carbocycles. The van der Waals surface area contributed by atoms with Crippen molar-refractivity contribution in [3.05, 3.63) is 24.3 Å². The maximum Gasteiger partial charge on any atom is 0.414 e. The number of cyclic esters (lactones) is 1. The van der Waals surface area contributed by atoms with Crippen LogP contribution in [0.5, 0.6) is 5.75 Å². The first kappa shape index (κ1) is 18.5. The van der Waals surface area contributed by atoms with E-state index in [0.717, 1.165) is 5.69 Å². The number of nitrogens with zero attached hydrogens (tertiary/aromatic N) is 1. The highest BCUT2D eigenvalue weighted by molar-refractivity contribution is 5.89. The van der Waals surface area contributed by atoms with E-state index in [1.807, 2.05) is 31.2 Å². The lowest BCUT2D eigenvalue weighted by Gasteiger charge is -2.26. The summed E-state index contributed by atoms with van der Waals surface area (Å²) in [6, 6.07) is 7.31. The van der Waals surface area contributed by atoms with Gasteiger partial charge in [0.15, 0.2) is 5.79 Å². The van der Waals surface area contributed by atoms with Crippen molar-refractivity contribution < 1.29 is 28.5 Å². The van der Waals surface area contributed by atoms with Gasteiger partial charge in [-0.1, -0.05) is 0 Å². The molecular formula is C17H25NO6. The number of benzene rings is 1. The van der Waals surface area contributed by atoms with Crippen LogP contribution in [0.3, 0.4) is 0 Å². The molecule has 2 rings (SSSR count). The van der Waals surface area contributed by atoms with Crippen LogP contribution in [0.15, 0.2) is 24.3 Å². The lowest BCUT2D eigenvalue weighted by atomic mass is 10.2. The van der Waals surface area contributed by atoms with Gasteiger partial charge in [0.2, 0.25) is 0 Å². The van der Waals surface area contributed by atoms with Crippen LogP contribution in [-0.2, 0) is 18.9 Å². The molecular weight excluding hydrogens is 314 g/mol. The molecule has 1 amide bonds. The monoisotopic (exact) mass is 339 g/mol. The Morgan fingerprint density at radius 2 is 1.88 bits per heavy atom. The molecule has 0 radical (unpaired) electrons. The summed E-state index contributed by atoms with van der Waals surface area (Å²) in [6.07, 6.45) is -0.000290. The van der Waals surface area contributed by atoms with Crippen molar-refractivity contribution in [1.29, 1.82) is 0 Å². The molecule has 1 unspecified atom stereocenters. The fraction of sp³-hybridized carbons (Fsp3) is 0.588. The summed E-state index contributed by atoms with van der Waals surface area (Å²) in [5, 5.41) is 0. The fourth-order valence-corrected chi connectivity index (χ4v) is 2.37. The summed E-state index contributed by atoms with van der Waals surface area (Å²) < 4.78 is 26.5. The molecule has 1 aliphatic rings. The molecule has 1 aromatic carbocycles. The normalized spacial score (nSPS) is 17.9. The Labute approximate surface area is 142 Å². The van der Waals surface area contributed by atoms with Gasteiger partial charge in [-0.2, -0.15) is 0 Å². The topological polar surface area (TPSA) is 66.5 Å². The van der Waals surface area contributed by atoms with Gasteiger partial charge in [0.25, 0.3) is 0 Å². The predicted molar refractivity (Wildman–Crippen MR) is 88.5 cm³/mol. The minimum absolute atomic E-state index is 0.237. The van der Waals surface area contributed by atoms with Gasteiger partial charge in [-0.05, 0) is 31.2 Å². The van der Waals surface area contributed by atoms with E-state index in [9.17, 15) is 4.79 Å². The van der Waals surface area contributed by atoms with Crippen LogP contribution in [0.4, 0.5) is 10.5 Å². The van der Waals surface area contributed by atoms with Crippen molar-refractivity contribution in [2.45, 2.75) is 25.2 Å². The van der Waals surface area contributed by atoms with Gasteiger partial charge in [0, 0.05) is 33.4 Å². The van der Waals surface area contributed by atoms with Crippen molar-refractivity contribution in [3.63, 3.8) is 0 Å². The second-order valence-corrected chi connectivity index (χ2v) is 5.71. The highest BCUT2D eigenvalue weighted by Gasteiger charge is 2.32. The zero-order valence-electron chi connectivity index (χ0n) is 14.6. The van der Waals surface area contributed by atoms with Crippen LogP contribution in [-0.4, -0.2) is 59.1 Å². The number of anilines is 1. The third-order valence-electron chi connectivity index (χ3n) is 4.06. The molecule has 7 heteroatoms.